The van der Waals surface area contributed by atoms with Gasteiger partial charge >= 0.3 is 0 Å². The van der Waals surface area contributed by atoms with Gasteiger partial charge in [-0.1, -0.05) is 62.4 Å². The van der Waals surface area contributed by atoms with Crippen molar-refractivity contribution < 1.29 is 19.1 Å². The predicted molar refractivity (Wildman–Crippen MR) is 161 cm³/mol. The largest absolute Gasteiger partial charge is 0.497 e. The molecule has 0 fully saturated rings. The lowest BCUT2D eigenvalue weighted by Crippen LogP contribution is -2.56. The van der Waals surface area contributed by atoms with Gasteiger partial charge in [-0.3, -0.25) is 14.4 Å². The van der Waals surface area contributed by atoms with Crippen LogP contribution in [0.3, 0.4) is 0 Å². The first-order valence-corrected chi connectivity index (χ1v) is 14.6. The summed E-state index contributed by atoms with van der Waals surface area (Å²) in [4.78, 5) is 46.4. The number of para-hydroxylation sites is 1. The van der Waals surface area contributed by atoms with Crippen LogP contribution in [0.25, 0.3) is 10.9 Å². The minimum absolute atomic E-state index is 0.163. The molecule has 3 unspecified atom stereocenters. The van der Waals surface area contributed by atoms with Gasteiger partial charge < -0.3 is 25.3 Å². The lowest BCUT2D eigenvalue weighted by molar-refractivity contribution is -0.132. The van der Waals surface area contributed by atoms with E-state index >= 15 is 0 Å². The Balaban J connectivity index is 1.24. The number of carbonyl (C=O) groups excluding carboxylic acids is 3. The molecule has 1 aromatic heterocycles. The Morgan fingerprint density at radius 1 is 1.02 bits per heavy atom. The van der Waals surface area contributed by atoms with Crippen molar-refractivity contribution in [3.05, 3.63) is 101 Å². The smallest absolute Gasteiger partial charge is 0.255 e. The molecule has 8 nitrogen and oxygen atoms in total. The van der Waals surface area contributed by atoms with E-state index in [2.05, 4.69) is 21.7 Å². The first-order valence-electron chi connectivity index (χ1n) is 14.6. The highest BCUT2D eigenvalue weighted by atomic mass is 16.5. The number of methoxy groups -OCH3 is 1. The van der Waals surface area contributed by atoms with Gasteiger partial charge in [0.25, 0.3) is 5.91 Å². The summed E-state index contributed by atoms with van der Waals surface area (Å²) in [5, 5.41) is 7.10. The predicted octanol–water partition coefficient (Wildman–Crippen LogP) is 4.54. The van der Waals surface area contributed by atoms with Crippen molar-refractivity contribution in [2.75, 3.05) is 13.7 Å². The molecule has 3 amide bonds. The monoisotopic (exact) mass is 564 g/mol. The zero-order valence-corrected chi connectivity index (χ0v) is 24.1. The fraction of sp³-hybridized carbons (Fsp3) is 0.324. The maximum absolute atomic E-state index is 14.1. The topological polar surface area (TPSA) is 104 Å². The lowest BCUT2D eigenvalue weighted by atomic mass is 9.89. The Bertz CT molecular complexity index is 1640. The number of benzene rings is 3. The van der Waals surface area contributed by atoms with E-state index in [1.165, 1.54) is 0 Å². The van der Waals surface area contributed by atoms with Crippen LogP contribution in [0, 0.1) is 5.92 Å². The van der Waals surface area contributed by atoms with E-state index in [1.54, 1.807) is 12.0 Å². The molecule has 8 heteroatoms. The first-order chi connectivity index (χ1) is 20.4. The van der Waals surface area contributed by atoms with Gasteiger partial charge in [0.05, 0.1) is 13.2 Å². The molecule has 2 aliphatic heterocycles. The van der Waals surface area contributed by atoms with E-state index in [-0.39, 0.29) is 29.7 Å². The molecule has 3 atom stereocenters. The summed E-state index contributed by atoms with van der Waals surface area (Å²) >= 11 is 0. The number of aromatic amines is 1. The van der Waals surface area contributed by atoms with Crippen LogP contribution in [0.1, 0.15) is 59.1 Å². The number of ether oxygens (including phenoxy) is 1. The second-order valence-electron chi connectivity index (χ2n) is 11.6. The number of fused-ring (bicyclic) bond motifs is 7. The van der Waals surface area contributed by atoms with Crippen LogP contribution in [-0.4, -0.2) is 53.3 Å². The number of aromatic nitrogens is 1. The number of hydrogen-bond acceptors (Lipinski definition) is 4. The summed E-state index contributed by atoms with van der Waals surface area (Å²) in [6.45, 7) is 4.50. The Morgan fingerprint density at radius 3 is 2.52 bits per heavy atom. The van der Waals surface area contributed by atoms with Crippen molar-refractivity contribution >= 4 is 28.6 Å². The molecule has 2 aliphatic rings. The molecule has 4 aromatic rings. The second-order valence-corrected chi connectivity index (χ2v) is 11.6. The summed E-state index contributed by atoms with van der Waals surface area (Å²) < 4.78 is 5.22. The molecular formula is C34H36N4O4. The van der Waals surface area contributed by atoms with Crippen LogP contribution in [0.4, 0.5) is 0 Å². The van der Waals surface area contributed by atoms with Gasteiger partial charge in [0.1, 0.15) is 17.8 Å². The van der Waals surface area contributed by atoms with Gasteiger partial charge in [0.15, 0.2) is 0 Å². The molecule has 0 radical (unpaired) electrons. The number of carbonyl (C=O) groups is 3. The molecular weight excluding hydrogens is 528 g/mol. The van der Waals surface area contributed by atoms with Gasteiger partial charge in [0, 0.05) is 35.1 Å². The number of H-pyrrole nitrogens is 1. The third kappa shape index (κ3) is 5.02. The summed E-state index contributed by atoms with van der Waals surface area (Å²) in [7, 11) is 1.63. The molecule has 42 heavy (non-hydrogen) atoms. The molecule has 0 aliphatic carbocycles. The van der Waals surface area contributed by atoms with E-state index in [0.717, 1.165) is 39.0 Å². The Hall–Kier alpha value is -4.59. The van der Waals surface area contributed by atoms with E-state index < -0.39 is 12.1 Å². The quantitative estimate of drug-likeness (QED) is 0.278. The van der Waals surface area contributed by atoms with Gasteiger partial charge in [0.2, 0.25) is 11.8 Å². The summed E-state index contributed by atoms with van der Waals surface area (Å²) in [5.41, 5.74) is 5.56. The highest BCUT2D eigenvalue weighted by molar-refractivity contribution is 6.04. The molecule has 3 heterocycles. The van der Waals surface area contributed by atoms with Crippen molar-refractivity contribution in [3.63, 3.8) is 0 Å². The Kier molecular flexibility index (Phi) is 7.45. The molecule has 0 spiro atoms. The highest BCUT2D eigenvalue weighted by Crippen LogP contribution is 2.46. The van der Waals surface area contributed by atoms with Crippen molar-refractivity contribution in [2.24, 2.45) is 5.92 Å². The second kappa shape index (κ2) is 11.4. The molecule has 0 bridgehead atoms. The van der Waals surface area contributed by atoms with Crippen molar-refractivity contribution in [2.45, 2.75) is 51.2 Å². The van der Waals surface area contributed by atoms with Crippen molar-refractivity contribution in [1.29, 1.82) is 0 Å². The number of nitrogens with zero attached hydrogens (tertiary/aromatic N) is 1. The highest BCUT2D eigenvalue weighted by Gasteiger charge is 2.49. The Morgan fingerprint density at radius 2 is 1.76 bits per heavy atom. The standard InChI is InChI=1S/C34H36N4O4/c1-20(2)18-28(32(39)35-17-16-21-12-14-22(42-3)15-13-21)37-33(40)29-19-26-23-8-6-7-11-27(23)36-30(26)31-24-9-4-5-10-25(24)34(41)38(29)31/h4-15,20,28-29,31,36H,16-19H2,1-3H3,(H,35,39)(H,37,40). The van der Waals surface area contributed by atoms with Crippen LogP contribution in [0.2, 0.25) is 0 Å². The fourth-order valence-electron chi connectivity index (χ4n) is 6.35. The van der Waals surface area contributed by atoms with Crippen LogP contribution < -0.4 is 15.4 Å². The van der Waals surface area contributed by atoms with Gasteiger partial charge in [-0.15, -0.1) is 0 Å². The zero-order valence-electron chi connectivity index (χ0n) is 24.1. The van der Waals surface area contributed by atoms with Crippen LogP contribution in [0.5, 0.6) is 5.75 Å². The van der Waals surface area contributed by atoms with Crippen molar-refractivity contribution in [1.82, 2.24) is 20.5 Å². The lowest BCUT2D eigenvalue weighted by Gasteiger charge is -2.37. The van der Waals surface area contributed by atoms with Gasteiger partial charge in [-0.2, -0.15) is 0 Å². The van der Waals surface area contributed by atoms with E-state index in [4.69, 9.17) is 4.74 Å². The SMILES string of the molecule is COc1ccc(CCNC(=O)C(CC(C)C)NC(=O)C2Cc3c([nH]c4ccccc34)C3c4ccccc4C(=O)N23)cc1. The summed E-state index contributed by atoms with van der Waals surface area (Å²) in [6.07, 6.45) is 1.52. The van der Waals surface area contributed by atoms with Gasteiger partial charge in [-0.25, -0.2) is 0 Å². The fourth-order valence-corrected chi connectivity index (χ4v) is 6.35. The van der Waals surface area contributed by atoms with E-state index in [9.17, 15) is 14.4 Å². The maximum Gasteiger partial charge on any atom is 0.255 e. The molecule has 216 valence electrons. The number of amides is 3. The van der Waals surface area contributed by atoms with E-state index in [1.807, 2.05) is 80.6 Å². The number of hydrogen-bond donors (Lipinski definition) is 3. The minimum Gasteiger partial charge on any atom is -0.497 e. The maximum atomic E-state index is 14.1. The first kappa shape index (κ1) is 27.6. The third-order valence-electron chi connectivity index (χ3n) is 8.37. The van der Waals surface area contributed by atoms with E-state index in [0.29, 0.717) is 31.4 Å². The number of nitrogens with one attached hydrogen (secondary N) is 3. The molecule has 0 saturated heterocycles. The van der Waals surface area contributed by atoms with Gasteiger partial charge in [-0.05, 0) is 59.7 Å². The molecule has 3 aromatic carbocycles. The zero-order chi connectivity index (χ0) is 29.4. The molecule has 0 saturated carbocycles. The average molecular weight is 565 g/mol. The average Bonchev–Trinajstić information content (AvgIpc) is 3.52. The Labute approximate surface area is 245 Å². The minimum atomic E-state index is -0.747. The summed E-state index contributed by atoms with van der Waals surface area (Å²) in [6, 6.07) is 21.5. The molecule has 3 N–H and O–H groups in total. The third-order valence-corrected chi connectivity index (χ3v) is 8.37. The normalized spacial score (nSPS) is 17.9. The number of rotatable bonds is 9. The van der Waals surface area contributed by atoms with Crippen molar-refractivity contribution in [3.8, 4) is 5.75 Å². The van der Waals surface area contributed by atoms with Crippen LogP contribution >= 0.6 is 0 Å². The van der Waals surface area contributed by atoms with Crippen LogP contribution in [0.15, 0.2) is 72.8 Å². The van der Waals surface area contributed by atoms with Crippen LogP contribution in [-0.2, 0) is 22.4 Å². The molecule has 6 rings (SSSR count). The summed E-state index contributed by atoms with van der Waals surface area (Å²) in [5.74, 6) is 0.269.